The number of rotatable bonds is 9. The molecule has 0 bridgehead atoms. The Balaban J connectivity index is 1.49. The van der Waals surface area contributed by atoms with Gasteiger partial charge < -0.3 is 15.2 Å². The zero-order chi connectivity index (χ0) is 24.1. The lowest BCUT2D eigenvalue weighted by Gasteiger charge is -2.14. The number of anilines is 2. The van der Waals surface area contributed by atoms with Gasteiger partial charge in [-0.15, -0.1) is 0 Å². The Hall–Kier alpha value is -3.35. The Morgan fingerprint density at radius 3 is 2.50 bits per heavy atom. The van der Waals surface area contributed by atoms with Crippen LogP contribution in [0, 0.1) is 0 Å². The maximum Gasteiger partial charge on any atom is 0.223 e. The quantitative estimate of drug-likeness (QED) is 0.163. The Labute approximate surface area is 209 Å². The summed E-state index contributed by atoms with van der Waals surface area (Å²) in [5, 5.41) is 7.88. The molecule has 0 atom stereocenters. The van der Waals surface area contributed by atoms with Crippen LogP contribution in [0.4, 0.5) is 17.3 Å². The molecule has 34 heavy (non-hydrogen) atoms. The number of aryl methyl sites for hydroxylation is 1. The van der Waals surface area contributed by atoms with Gasteiger partial charge in [-0.05, 0) is 48.9 Å². The fourth-order valence-corrected chi connectivity index (χ4v) is 4.25. The van der Waals surface area contributed by atoms with E-state index in [4.69, 9.17) is 28.2 Å². The van der Waals surface area contributed by atoms with E-state index in [0.717, 1.165) is 34.7 Å². The molecule has 2 N–H and O–H groups in total. The minimum absolute atomic E-state index is 0.530. The highest BCUT2D eigenvalue weighted by Crippen LogP contribution is 2.33. The van der Waals surface area contributed by atoms with Crippen molar-refractivity contribution in [3.8, 4) is 16.9 Å². The molecule has 0 aliphatic rings. The molecular formula is C26H27Cl2N6+. The maximum atomic E-state index is 6.51. The van der Waals surface area contributed by atoms with E-state index in [1.807, 2.05) is 52.8 Å². The summed E-state index contributed by atoms with van der Waals surface area (Å²) in [7, 11) is 1.96. The third-order valence-corrected chi connectivity index (χ3v) is 6.00. The molecule has 0 saturated heterocycles. The molecule has 2 aromatic heterocycles. The summed E-state index contributed by atoms with van der Waals surface area (Å²) in [6.45, 7) is 7.49. The summed E-state index contributed by atoms with van der Waals surface area (Å²) in [6, 6.07) is 15.6. The molecule has 0 fully saturated rings. The Bertz CT molecular complexity index is 1300. The van der Waals surface area contributed by atoms with Crippen LogP contribution in [-0.4, -0.2) is 46.0 Å². The Kier molecular flexibility index (Phi) is 7.50. The molecule has 0 spiro atoms. The number of benzene rings is 2. The van der Waals surface area contributed by atoms with Crippen LogP contribution in [0.3, 0.4) is 0 Å². The largest absolute Gasteiger partial charge is 0.383 e. The summed E-state index contributed by atoms with van der Waals surface area (Å²) >= 11 is 12.6. The van der Waals surface area contributed by atoms with Gasteiger partial charge in [0.1, 0.15) is 19.5 Å². The van der Waals surface area contributed by atoms with Crippen LogP contribution in [0.2, 0.25) is 10.0 Å². The van der Waals surface area contributed by atoms with Gasteiger partial charge in [-0.25, -0.2) is 14.5 Å². The molecular weight excluding hydrogens is 467 g/mol. The molecule has 2 aromatic carbocycles. The van der Waals surface area contributed by atoms with E-state index in [9.17, 15) is 0 Å². The Morgan fingerprint density at radius 2 is 1.79 bits per heavy atom. The van der Waals surface area contributed by atoms with Crippen LogP contribution in [0.15, 0.2) is 67.1 Å². The topological polar surface area (TPSA) is 57.8 Å². The van der Waals surface area contributed by atoms with E-state index in [0.29, 0.717) is 29.1 Å². The van der Waals surface area contributed by atoms with E-state index in [2.05, 4.69) is 47.5 Å². The van der Waals surface area contributed by atoms with Crippen LogP contribution in [0.5, 0.6) is 0 Å². The van der Waals surface area contributed by atoms with E-state index < -0.39 is 0 Å². The molecule has 0 radical (unpaired) electrons. The number of hydrogen-bond donors (Lipinski definition) is 2. The van der Waals surface area contributed by atoms with Crippen LogP contribution < -0.4 is 10.6 Å². The number of halogens is 2. The first-order valence-electron chi connectivity index (χ1n) is 11.1. The third-order valence-electron chi connectivity index (χ3n) is 5.45. The number of aromatic nitrogens is 3. The fraction of sp³-hybridized carbons (Fsp3) is 0.192. The third kappa shape index (κ3) is 5.41. The molecule has 174 valence electrons. The molecule has 6 nitrogen and oxygen atoms in total. The molecule has 2 heterocycles. The maximum absolute atomic E-state index is 6.51. The summed E-state index contributed by atoms with van der Waals surface area (Å²) in [6.07, 6.45) is 6.64. The molecule has 0 aliphatic heterocycles. The first kappa shape index (κ1) is 23.8. The van der Waals surface area contributed by atoms with Crippen LogP contribution >= 0.6 is 23.2 Å². The van der Waals surface area contributed by atoms with Crippen molar-refractivity contribution in [2.45, 2.75) is 13.3 Å². The molecule has 0 unspecified atom stereocenters. The van der Waals surface area contributed by atoms with Gasteiger partial charge in [-0.2, -0.15) is 0 Å². The number of nitrogens with zero attached hydrogens (tertiary/aromatic N) is 4. The normalized spacial score (nSPS) is 10.8. The molecule has 4 aromatic rings. The van der Waals surface area contributed by atoms with Crippen molar-refractivity contribution in [2.24, 2.45) is 0 Å². The summed E-state index contributed by atoms with van der Waals surface area (Å²) in [4.78, 5) is 9.30. The first-order chi connectivity index (χ1) is 16.5. The minimum atomic E-state index is 0.530. The standard InChI is InChI=1S/C26H27Cl2N6/c1-4-18-15-20(8-10-23(18)33(2)3)29-11-12-30-26-31-17-24(34-13-5-6-14-34)25(32-26)21-9-7-19(27)16-22(21)28/h5-10,13-17,29H,2,4,11-12H2,1,3H3,(H,30,31,32)/q+1. The van der Waals surface area contributed by atoms with Crippen molar-refractivity contribution in [3.63, 3.8) is 0 Å². The lowest BCUT2D eigenvalue weighted by atomic mass is 10.1. The van der Waals surface area contributed by atoms with Gasteiger partial charge >= 0.3 is 0 Å². The summed E-state index contributed by atoms with van der Waals surface area (Å²) in [5.41, 5.74) is 5.81. The van der Waals surface area contributed by atoms with Crippen molar-refractivity contribution in [1.82, 2.24) is 14.5 Å². The molecule has 4 rings (SSSR count). The van der Waals surface area contributed by atoms with Crippen molar-refractivity contribution in [1.29, 1.82) is 0 Å². The fourth-order valence-electron chi connectivity index (χ4n) is 3.76. The van der Waals surface area contributed by atoms with Crippen LogP contribution in [-0.2, 0) is 6.42 Å². The average molecular weight is 494 g/mol. The van der Waals surface area contributed by atoms with Gasteiger partial charge in [0.2, 0.25) is 11.6 Å². The average Bonchev–Trinajstić information content (AvgIpc) is 3.36. The predicted molar refractivity (Wildman–Crippen MR) is 143 cm³/mol. The number of nitrogens with one attached hydrogen (secondary N) is 2. The van der Waals surface area contributed by atoms with Crippen molar-refractivity contribution >= 4 is 47.2 Å². The lowest BCUT2D eigenvalue weighted by Crippen LogP contribution is -2.16. The van der Waals surface area contributed by atoms with Crippen molar-refractivity contribution < 1.29 is 4.58 Å². The summed E-state index contributed by atoms with van der Waals surface area (Å²) < 4.78 is 3.85. The lowest BCUT2D eigenvalue weighted by molar-refractivity contribution is -0.395. The van der Waals surface area contributed by atoms with Crippen LogP contribution in [0.25, 0.3) is 16.9 Å². The molecule has 0 aliphatic carbocycles. The SMILES string of the molecule is C=[N+](C)c1ccc(NCCNc2ncc(-n3cccc3)c(-c3ccc(Cl)cc3Cl)n2)cc1CC. The second kappa shape index (κ2) is 10.7. The van der Waals surface area contributed by atoms with Gasteiger partial charge in [-0.3, -0.25) is 0 Å². The van der Waals surface area contributed by atoms with Crippen molar-refractivity contribution in [3.05, 3.63) is 82.7 Å². The van der Waals surface area contributed by atoms with Gasteiger partial charge in [0.25, 0.3) is 0 Å². The summed E-state index contributed by atoms with van der Waals surface area (Å²) in [5.74, 6) is 0.530. The highest BCUT2D eigenvalue weighted by atomic mass is 35.5. The molecule has 0 amide bonds. The zero-order valence-corrected chi connectivity index (χ0v) is 20.7. The predicted octanol–water partition coefficient (Wildman–Crippen LogP) is 6.30. The highest BCUT2D eigenvalue weighted by molar-refractivity contribution is 6.36. The highest BCUT2D eigenvalue weighted by Gasteiger charge is 2.14. The minimum Gasteiger partial charge on any atom is -0.383 e. The van der Waals surface area contributed by atoms with E-state index >= 15 is 0 Å². The van der Waals surface area contributed by atoms with E-state index in [1.54, 1.807) is 12.3 Å². The second-order valence-electron chi connectivity index (χ2n) is 7.89. The van der Waals surface area contributed by atoms with E-state index in [-0.39, 0.29) is 0 Å². The zero-order valence-electron chi connectivity index (χ0n) is 19.2. The van der Waals surface area contributed by atoms with Gasteiger partial charge in [0.15, 0.2) is 0 Å². The Morgan fingerprint density at radius 1 is 1.03 bits per heavy atom. The monoisotopic (exact) mass is 493 g/mol. The van der Waals surface area contributed by atoms with Crippen LogP contribution in [0.1, 0.15) is 12.5 Å². The van der Waals surface area contributed by atoms with Gasteiger partial charge in [-0.1, -0.05) is 30.1 Å². The number of hydrogen-bond acceptors (Lipinski definition) is 4. The molecule has 0 saturated carbocycles. The smallest absolute Gasteiger partial charge is 0.223 e. The van der Waals surface area contributed by atoms with Crippen molar-refractivity contribution in [2.75, 3.05) is 30.8 Å². The van der Waals surface area contributed by atoms with E-state index in [1.165, 1.54) is 5.56 Å². The van der Waals surface area contributed by atoms with Gasteiger partial charge in [0, 0.05) is 53.4 Å². The van der Waals surface area contributed by atoms with Gasteiger partial charge in [0.05, 0.1) is 16.9 Å². The second-order valence-corrected chi connectivity index (χ2v) is 8.73. The molecule has 8 heteroatoms. The first-order valence-corrected chi connectivity index (χ1v) is 11.8.